The molecule has 8 aromatic carbocycles. The minimum absolute atomic E-state index is 0.185. The van der Waals surface area contributed by atoms with Gasteiger partial charge in [0.05, 0.1) is 14.2 Å². The Morgan fingerprint density at radius 3 is 1.69 bits per heavy atom. The molecule has 2 aliphatic rings. The lowest BCUT2D eigenvalue weighted by Crippen LogP contribution is -2.16. The van der Waals surface area contributed by atoms with E-state index in [2.05, 4.69) is 176 Å². The van der Waals surface area contributed by atoms with E-state index in [9.17, 15) is 0 Å². The highest BCUT2D eigenvalue weighted by atomic mass is 32.2. The molecule has 0 N–H and O–H groups in total. The van der Waals surface area contributed by atoms with Crippen molar-refractivity contribution < 1.29 is 9.47 Å². The zero-order valence-corrected chi connectivity index (χ0v) is 38.9. The van der Waals surface area contributed by atoms with Crippen LogP contribution in [-0.2, 0) is 17.3 Å². The van der Waals surface area contributed by atoms with Crippen molar-refractivity contribution in [2.24, 2.45) is 5.92 Å². The average Bonchev–Trinajstić information content (AvgIpc) is 3.35. The summed E-state index contributed by atoms with van der Waals surface area (Å²) in [7, 11) is 3.24. The van der Waals surface area contributed by atoms with Gasteiger partial charge in [-0.15, -0.1) is 23.5 Å². The standard InChI is InChI=1S/C59H52O2S3/c1-60-48-32-40(33-49(36-48)61-2)37-62-50-26-20-41(21-27-50)59(42-22-28-51(29-23-42)63-38-57-53-16-8-4-12-44(53)34-45-13-5-9-17-54(45)57)43-24-30-52(31-25-43)64(3)39-58-55-18-10-6-14-46(55)35-47-15-7-11-19-56(47)58/h4-20,22-24,26,28-36,43,59H,3,21,25,27,37-39H2,1-2H3. The van der Waals surface area contributed by atoms with Crippen LogP contribution in [0.3, 0.4) is 0 Å². The molecule has 2 nitrogen and oxygen atoms in total. The van der Waals surface area contributed by atoms with E-state index in [1.54, 1.807) is 14.2 Å². The lowest BCUT2D eigenvalue weighted by molar-refractivity contribution is 0.393. The van der Waals surface area contributed by atoms with Crippen LogP contribution >= 0.6 is 34.0 Å². The molecule has 2 aliphatic carbocycles. The molecule has 0 saturated heterocycles. The lowest BCUT2D eigenvalue weighted by atomic mass is 9.75. The summed E-state index contributed by atoms with van der Waals surface area (Å²) in [6.45, 7) is 0. The first-order valence-corrected chi connectivity index (χ1v) is 25.7. The van der Waals surface area contributed by atoms with Gasteiger partial charge in [-0.25, -0.2) is 0 Å². The third-order valence-corrected chi connectivity index (χ3v) is 16.8. The van der Waals surface area contributed by atoms with E-state index >= 15 is 0 Å². The van der Waals surface area contributed by atoms with Crippen LogP contribution in [-0.4, -0.2) is 20.1 Å². The number of rotatable bonds is 14. The van der Waals surface area contributed by atoms with Crippen LogP contribution in [0.15, 0.2) is 202 Å². The summed E-state index contributed by atoms with van der Waals surface area (Å²) in [5, 5.41) is 10.6. The summed E-state index contributed by atoms with van der Waals surface area (Å²) in [4.78, 5) is 4.08. The van der Waals surface area contributed by atoms with E-state index in [0.29, 0.717) is 5.92 Å². The van der Waals surface area contributed by atoms with Crippen LogP contribution in [0.2, 0.25) is 0 Å². The van der Waals surface area contributed by atoms with E-state index in [-0.39, 0.29) is 16.4 Å². The third-order valence-electron chi connectivity index (χ3n) is 12.9. The van der Waals surface area contributed by atoms with Gasteiger partial charge in [-0.05, 0) is 137 Å². The van der Waals surface area contributed by atoms with Crippen molar-refractivity contribution in [2.45, 2.75) is 47.3 Å². The molecule has 0 fully saturated rings. The van der Waals surface area contributed by atoms with Crippen molar-refractivity contribution in [3.63, 3.8) is 0 Å². The Morgan fingerprint density at radius 1 is 0.609 bits per heavy atom. The molecule has 10 rings (SSSR count). The van der Waals surface area contributed by atoms with Crippen molar-refractivity contribution in [3.8, 4) is 11.5 Å². The van der Waals surface area contributed by atoms with E-state index < -0.39 is 0 Å². The second-order valence-corrected chi connectivity index (χ2v) is 20.7. The molecule has 3 atom stereocenters. The Hall–Kier alpha value is -5.72. The Morgan fingerprint density at radius 2 is 1.17 bits per heavy atom. The summed E-state index contributed by atoms with van der Waals surface area (Å²) >= 11 is 3.86. The number of benzene rings is 8. The van der Waals surface area contributed by atoms with Crippen molar-refractivity contribution >= 4 is 83.0 Å². The van der Waals surface area contributed by atoms with Crippen molar-refractivity contribution in [1.82, 2.24) is 0 Å². The molecule has 3 unspecified atom stereocenters. The highest BCUT2D eigenvalue weighted by molar-refractivity contribution is 8.17. The fourth-order valence-corrected chi connectivity index (χ4v) is 13.0. The maximum absolute atomic E-state index is 5.55. The zero-order chi connectivity index (χ0) is 43.4. The number of ether oxygens (including phenoxy) is 2. The predicted octanol–water partition coefficient (Wildman–Crippen LogP) is 16.6. The normalized spacial score (nSPS) is 16.1. The Kier molecular flexibility index (Phi) is 12.7. The Bertz CT molecular complexity index is 3040. The first kappa shape index (κ1) is 42.2. The van der Waals surface area contributed by atoms with Gasteiger partial charge in [-0.3, -0.25) is 0 Å². The van der Waals surface area contributed by atoms with Gasteiger partial charge in [-0.1, -0.05) is 151 Å². The van der Waals surface area contributed by atoms with Crippen LogP contribution in [0.1, 0.15) is 47.4 Å². The molecule has 0 saturated carbocycles. The van der Waals surface area contributed by atoms with Gasteiger partial charge in [0.2, 0.25) is 0 Å². The van der Waals surface area contributed by atoms with Gasteiger partial charge >= 0.3 is 0 Å². The highest BCUT2D eigenvalue weighted by Crippen LogP contribution is 2.46. The molecule has 318 valence electrons. The van der Waals surface area contributed by atoms with Gasteiger partial charge in [0.1, 0.15) is 11.5 Å². The van der Waals surface area contributed by atoms with Crippen LogP contribution in [0.5, 0.6) is 11.5 Å². The smallest absolute Gasteiger partial charge is 0.122 e. The molecule has 0 radical (unpaired) electrons. The molecule has 0 heterocycles. The second kappa shape index (κ2) is 19.2. The summed E-state index contributed by atoms with van der Waals surface area (Å²) in [6.07, 6.45) is 15.3. The fraction of sp³-hybridized carbons (Fsp3) is 0.169. The number of allylic oxidation sites excluding steroid dienone is 7. The van der Waals surface area contributed by atoms with Crippen LogP contribution < -0.4 is 9.47 Å². The van der Waals surface area contributed by atoms with Crippen molar-refractivity contribution in [2.75, 3.05) is 14.2 Å². The van der Waals surface area contributed by atoms with Gasteiger partial charge in [-0.2, -0.15) is 10.5 Å². The highest BCUT2D eigenvalue weighted by Gasteiger charge is 2.28. The SMILES string of the molecule is C=S(Cc1c2ccccc2cc2ccccc12)C1=CCC(C(C2=CC=C(SCc3cc(OC)cc(OC)c3)CC2)c2ccc(SCc3c4ccccc4cc4ccccc34)cc2)C=C1. The fourth-order valence-electron chi connectivity index (χ4n) is 9.67. The summed E-state index contributed by atoms with van der Waals surface area (Å²) in [5.41, 5.74) is 6.92. The zero-order valence-electron chi connectivity index (χ0n) is 36.5. The topological polar surface area (TPSA) is 18.5 Å². The largest absolute Gasteiger partial charge is 0.497 e. The molecule has 0 aliphatic heterocycles. The number of fused-ring (bicyclic) bond motifs is 4. The molecule has 0 spiro atoms. The maximum atomic E-state index is 5.55. The van der Waals surface area contributed by atoms with Gasteiger partial charge in [0.25, 0.3) is 0 Å². The third kappa shape index (κ3) is 8.99. The van der Waals surface area contributed by atoms with Gasteiger partial charge in [0, 0.05) is 34.1 Å². The van der Waals surface area contributed by atoms with Gasteiger partial charge < -0.3 is 9.47 Å². The van der Waals surface area contributed by atoms with E-state index in [1.807, 2.05) is 29.6 Å². The molecule has 8 aromatic rings. The first-order chi connectivity index (χ1) is 31.5. The van der Waals surface area contributed by atoms with Crippen molar-refractivity contribution in [3.05, 3.63) is 220 Å². The molecular formula is C59H52O2S3. The molecule has 0 aromatic heterocycles. The summed E-state index contributed by atoms with van der Waals surface area (Å²) in [6, 6.07) is 55.6. The second-order valence-electron chi connectivity index (χ2n) is 16.8. The van der Waals surface area contributed by atoms with Crippen molar-refractivity contribution in [1.29, 1.82) is 0 Å². The van der Waals surface area contributed by atoms with E-state index in [1.165, 1.54) is 85.6 Å². The quantitative estimate of drug-likeness (QED) is 0.0615. The molecule has 0 amide bonds. The summed E-state index contributed by atoms with van der Waals surface area (Å²) in [5.74, 6) is 9.84. The Balaban J connectivity index is 0.909. The molecular weight excluding hydrogens is 837 g/mol. The number of hydrogen-bond acceptors (Lipinski definition) is 4. The lowest BCUT2D eigenvalue weighted by Gasteiger charge is -2.31. The van der Waals surface area contributed by atoms with Gasteiger partial charge in [0.15, 0.2) is 0 Å². The van der Waals surface area contributed by atoms with Crippen LogP contribution in [0, 0.1) is 5.92 Å². The molecule has 64 heavy (non-hydrogen) atoms. The molecule has 0 bridgehead atoms. The average molecular weight is 889 g/mol. The number of thioether (sulfide) groups is 2. The number of hydrogen-bond donors (Lipinski definition) is 0. The van der Waals surface area contributed by atoms with Crippen LogP contribution in [0.25, 0.3) is 43.1 Å². The van der Waals surface area contributed by atoms with E-state index in [4.69, 9.17) is 15.3 Å². The summed E-state index contributed by atoms with van der Waals surface area (Å²) < 4.78 is 11.1. The first-order valence-electron chi connectivity index (χ1n) is 22.2. The maximum Gasteiger partial charge on any atom is 0.122 e. The van der Waals surface area contributed by atoms with E-state index in [0.717, 1.165) is 48.0 Å². The monoisotopic (exact) mass is 888 g/mol. The Labute approximate surface area is 388 Å². The van der Waals surface area contributed by atoms with Crippen LogP contribution in [0.4, 0.5) is 0 Å². The molecule has 5 heteroatoms. The predicted molar refractivity (Wildman–Crippen MR) is 282 cm³/mol. The number of methoxy groups -OCH3 is 2. The minimum Gasteiger partial charge on any atom is -0.497 e. The minimum atomic E-state index is -0.185.